The second-order valence-corrected chi connectivity index (χ2v) is 4.54. The summed E-state index contributed by atoms with van der Waals surface area (Å²) in [6.07, 6.45) is 0. The Hall–Kier alpha value is -2.83. The molecule has 7 heteroatoms. The highest BCUT2D eigenvalue weighted by Crippen LogP contribution is 2.18. The van der Waals surface area contributed by atoms with Gasteiger partial charge in [-0.15, -0.1) is 0 Å². The van der Waals surface area contributed by atoms with E-state index in [1.54, 1.807) is 31.4 Å². The van der Waals surface area contributed by atoms with Gasteiger partial charge in [0.05, 0.1) is 13.7 Å². The standard InChI is InChI=1S/C16H16F2N2O3/c1-22-12-3-2-4-13(10-12)23-8-7-19-16(21)20-11-5-6-14(17)15(18)9-11/h2-6,9-10H,7-8H2,1H3,(H2,19,20,21). The van der Waals surface area contributed by atoms with Crippen molar-refractivity contribution in [1.82, 2.24) is 5.32 Å². The highest BCUT2D eigenvalue weighted by molar-refractivity contribution is 5.89. The Kier molecular flexibility index (Phi) is 5.74. The van der Waals surface area contributed by atoms with Gasteiger partial charge in [-0.3, -0.25) is 0 Å². The molecule has 2 aromatic rings. The first kappa shape index (κ1) is 16.5. The monoisotopic (exact) mass is 322 g/mol. The molecule has 0 bridgehead atoms. The van der Waals surface area contributed by atoms with Crippen LogP contribution in [0.15, 0.2) is 42.5 Å². The Labute approximate surface area is 132 Å². The van der Waals surface area contributed by atoms with Crippen LogP contribution in [-0.2, 0) is 0 Å². The van der Waals surface area contributed by atoms with Gasteiger partial charge in [0, 0.05) is 17.8 Å². The van der Waals surface area contributed by atoms with E-state index < -0.39 is 17.7 Å². The summed E-state index contributed by atoms with van der Waals surface area (Å²) in [4.78, 5) is 11.6. The van der Waals surface area contributed by atoms with Crippen LogP contribution in [0.1, 0.15) is 0 Å². The highest BCUT2D eigenvalue weighted by Gasteiger charge is 2.05. The molecule has 2 N–H and O–H groups in total. The number of methoxy groups -OCH3 is 1. The van der Waals surface area contributed by atoms with Crippen molar-refractivity contribution in [3.63, 3.8) is 0 Å². The van der Waals surface area contributed by atoms with Gasteiger partial charge in [0.2, 0.25) is 0 Å². The third kappa shape index (κ3) is 5.14. The summed E-state index contributed by atoms with van der Waals surface area (Å²) in [5, 5.41) is 4.94. The van der Waals surface area contributed by atoms with Gasteiger partial charge in [0.25, 0.3) is 0 Å². The number of hydrogen-bond acceptors (Lipinski definition) is 3. The van der Waals surface area contributed by atoms with Crippen LogP contribution in [0.3, 0.4) is 0 Å². The normalized spacial score (nSPS) is 10.0. The molecule has 0 aliphatic rings. The third-order valence-corrected chi connectivity index (χ3v) is 2.88. The van der Waals surface area contributed by atoms with Gasteiger partial charge in [-0.25, -0.2) is 13.6 Å². The molecule has 0 spiro atoms. The van der Waals surface area contributed by atoms with E-state index in [4.69, 9.17) is 9.47 Å². The van der Waals surface area contributed by atoms with Crippen molar-refractivity contribution in [2.45, 2.75) is 0 Å². The van der Waals surface area contributed by atoms with E-state index in [2.05, 4.69) is 10.6 Å². The Morgan fingerprint density at radius 3 is 2.61 bits per heavy atom. The number of amides is 2. The molecular formula is C16H16F2N2O3. The fourth-order valence-corrected chi connectivity index (χ4v) is 1.77. The molecule has 0 fully saturated rings. The van der Waals surface area contributed by atoms with Crippen LogP contribution in [-0.4, -0.2) is 26.3 Å². The van der Waals surface area contributed by atoms with E-state index in [0.29, 0.717) is 11.5 Å². The van der Waals surface area contributed by atoms with Crippen LogP contribution in [0.5, 0.6) is 11.5 Å². The zero-order valence-electron chi connectivity index (χ0n) is 12.4. The molecule has 5 nitrogen and oxygen atoms in total. The van der Waals surface area contributed by atoms with Crippen molar-refractivity contribution in [2.24, 2.45) is 0 Å². The summed E-state index contributed by atoms with van der Waals surface area (Å²) < 4.78 is 36.3. The Morgan fingerprint density at radius 1 is 1.09 bits per heavy atom. The van der Waals surface area contributed by atoms with Gasteiger partial charge in [-0.2, -0.15) is 0 Å². The molecule has 0 saturated carbocycles. The first-order chi connectivity index (χ1) is 11.1. The van der Waals surface area contributed by atoms with E-state index in [9.17, 15) is 13.6 Å². The van der Waals surface area contributed by atoms with Gasteiger partial charge >= 0.3 is 6.03 Å². The third-order valence-electron chi connectivity index (χ3n) is 2.88. The van der Waals surface area contributed by atoms with Gasteiger partial charge in [0.1, 0.15) is 18.1 Å². The van der Waals surface area contributed by atoms with Crippen LogP contribution in [0, 0.1) is 11.6 Å². The maximum atomic E-state index is 13.0. The van der Waals surface area contributed by atoms with Crippen molar-refractivity contribution in [3.8, 4) is 11.5 Å². The zero-order chi connectivity index (χ0) is 16.7. The number of anilines is 1. The molecule has 0 radical (unpaired) electrons. The average Bonchev–Trinajstić information content (AvgIpc) is 2.55. The number of carbonyl (C=O) groups excluding carboxylic acids is 1. The van der Waals surface area contributed by atoms with Crippen LogP contribution >= 0.6 is 0 Å². The first-order valence-corrected chi connectivity index (χ1v) is 6.85. The lowest BCUT2D eigenvalue weighted by Crippen LogP contribution is -2.32. The topological polar surface area (TPSA) is 59.6 Å². The molecule has 0 atom stereocenters. The molecular weight excluding hydrogens is 306 g/mol. The summed E-state index contributed by atoms with van der Waals surface area (Å²) in [5.41, 5.74) is 0.162. The van der Waals surface area contributed by atoms with E-state index in [1.165, 1.54) is 6.07 Å². The Morgan fingerprint density at radius 2 is 1.87 bits per heavy atom. The average molecular weight is 322 g/mol. The number of carbonyl (C=O) groups is 1. The van der Waals surface area contributed by atoms with Crippen molar-refractivity contribution in [3.05, 3.63) is 54.1 Å². The smallest absolute Gasteiger partial charge is 0.319 e. The minimum Gasteiger partial charge on any atom is -0.497 e. The van der Waals surface area contributed by atoms with Crippen LogP contribution in [0.2, 0.25) is 0 Å². The number of urea groups is 1. The number of ether oxygens (including phenoxy) is 2. The number of nitrogens with one attached hydrogen (secondary N) is 2. The molecule has 0 saturated heterocycles. The fourth-order valence-electron chi connectivity index (χ4n) is 1.77. The van der Waals surface area contributed by atoms with Crippen LogP contribution in [0.4, 0.5) is 19.3 Å². The van der Waals surface area contributed by atoms with E-state index in [0.717, 1.165) is 12.1 Å². The molecule has 0 aliphatic carbocycles. The zero-order valence-corrected chi connectivity index (χ0v) is 12.4. The molecule has 23 heavy (non-hydrogen) atoms. The van der Waals surface area contributed by atoms with E-state index in [1.807, 2.05) is 0 Å². The molecule has 0 unspecified atom stereocenters. The number of halogens is 2. The lowest BCUT2D eigenvalue weighted by Gasteiger charge is -2.10. The number of benzene rings is 2. The quantitative estimate of drug-likeness (QED) is 0.803. The molecule has 2 aromatic carbocycles. The Balaban J connectivity index is 1.73. The van der Waals surface area contributed by atoms with Crippen molar-refractivity contribution < 1.29 is 23.0 Å². The molecule has 0 heterocycles. The van der Waals surface area contributed by atoms with E-state index in [-0.39, 0.29) is 18.8 Å². The minimum absolute atomic E-state index is 0.162. The number of hydrogen-bond donors (Lipinski definition) is 2. The summed E-state index contributed by atoms with van der Waals surface area (Å²) in [5.74, 6) is -0.703. The summed E-state index contributed by atoms with van der Waals surface area (Å²) >= 11 is 0. The maximum Gasteiger partial charge on any atom is 0.319 e. The second kappa shape index (κ2) is 7.98. The van der Waals surface area contributed by atoms with Gasteiger partial charge in [0.15, 0.2) is 11.6 Å². The Bertz CT molecular complexity index is 680. The largest absolute Gasteiger partial charge is 0.497 e. The minimum atomic E-state index is -1.02. The van der Waals surface area contributed by atoms with Gasteiger partial charge in [-0.1, -0.05) is 6.07 Å². The maximum absolute atomic E-state index is 13.0. The molecule has 122 valence electrons. The van der Waals surface area contributed by atoms with Gasteiger partial charge in [-0.05, 0) is 24.3 Å². The first-order valence-electron chi connectivity index (χ1n) is 6.85. The lowest BCUT2D eigenvalue weighted by atomic mass is 10.3. The predicted octanol–water partition coefficient (Wildman–Crippen LogP) is 3.17. The molecule has 2 rings (SSSR count). The van der Waals surface area contributed by atoms with Crippen molar-refractivity contribution in [1.29, 1.82) is 0 Å². The molecule has 0 aromatic heterocycles. The second-order valence-electron chi connectivity index (χ2n) is 4.54. The van der Waals surface area contributed by atoms with Crippen molar-refractivity contribution >= 4 is 11.7 Å². The van der Waals surface area contributed by atoms with Crippen LogP contribution < -0.4 is 20.1 Å². The van der Waals surface area contributed by atoms with E-state index >= 15 is 0 Å². The van der Waals surface area contributed by atoms with Crippen LogP contribution in [0.25, 0.3) is 0 Å². The number of rotatable bonds is 6. The predicted molar refractivity (Wildman–Crippen MR) is 81.9 cm³/mol. The summed E-state index contributed by atoms with van der Waals surface area (Å²) in [6, 6.07) is 9.65. The lowest BCUT2D eigenvalue weighted by molar-refractivity contribution is 0.247. The summed E-state index contributed by atoms with van der Waals surface area (Å²) in [7, 11) is 1.56. The molecule has 2 amide bonds. The summed E-state index contributed by atoms with van der Waals surface area (Å²) in [6.45, 7) is 0.491. The SMILES string of the molecule is COc1cccc(OCCNC(=O)Nc2ccc(F)c(F)c2)c1. The molecule has 0 aliphatic heterocycles. The van der Waals surface area contributed by atoms with Gasteiger partial charge < -0.3 is 20.1 Å². The van der Waals surface area contributed by atoms with Crippen molar-refractivity contribution in [2.75, 3.05) is 25.6 Å². The fraction of sp³-hybridized carbons (Fsp3) is 0.188. The highest BCUT2D eigenvalue weighted by atomic mass is 19.2.